The summed E-state index contributed by atoms with van der Waals surface area (Å²) in [7, 11) is 0. The molecule has 4 aromatic rings. The van der Waals surface area contributed by atoms with Crippen LogP contribution < -0.4 is 4.90 Å². The van der Waals surface area contributed by atoms with Crippen LogP contribution in [0.3, 0.4) is 0 Å². The van der Waals surface area contributed by atoms with Crippen molar-refractivity contribution in [3.05, 3.63) is 88.7 Å². The largest absolute Gasteiger partial charge is 0.283 e. The number of carbonyl (C=O) groups excluding carboxylic acids is 1. The molecule has 150 valence electrons. The number of nitrogens with zero attached hydrogens (tertiary/aromatic N) is 5. The van der Waals surface area contributed by atoms with Gasteiger partial charge in [0.05, 0.1) is 21.7 Å². The summed E-state index contributed by atoms with van der Waals surface area (Å²) < 4.78 is 2.74. The fourth-order valence-corrected chi connectivity index (χ4v) is 3.91. The summed E-state index contributed by atoms with van der Waals surface area (Å²) >= 11 is 1.44. The van der Waals surface area contributed by atoms with Gasteiger partial charge in [-0.25, -0.2) is 4.98 Å². The third-order valence-corrected chi connectivity index (χ3v) is 5.45. The average Bonchev–Trinajstić information content (AvgIpc) is 3.42. The molecular weight excluding hydrogens is 402 g/mol. The van der Waals surface area contributed by atoms with E-state index in [2.05, 4.69) is 10.1 Å². The monoisotopic (exact) mass is 419 g/mol. The summed E-state index contributed by atoms with van der Waals surface area (Å²) in [6.07, 6.45) is 6.50. The molecule has 8 nitrogen and oxygen atoms in total. The molecular formula is C21H17N5O3S. The third-order valence-electron chi connectivity index (χ3n) is 4.39. The van der Waals surface area contributed by atoms with E-state index in [1.54, 1.807) is 34.0 Å². The number of hydrogen-bond acceptors (Lipinski definition) is 6. The lowest BCUT2D eigenvalue weighted by molar-refractivity contribution is -0.384. The van der Waals surface area contributed by atoms with Gasteiger partial charge in [-0.1, -0.05) is 35.6 Å². The van der Waals surface area contributed by atoms with Crippen LogP contribution in [0.5, 0.6) is 0 Å². The summed E-state index contributed by atoms with van der Waals surface area (Å²) in [5.41, 5.74) is 1.39. The molecule has 0 aliphatic heterocycles. The van der Waals surface area contributed by atoms with E-state index >= 15 is 0 Å². The molecule has 2 aromatic heterocycles. The zero-order valence-corrected chi connectivity index (χ0v) is 16.6. The van der Waals surface area contributed by atoms with Crippen LogP contribution in [0.4, 0.5) is 10.8 Å². The first-order chi connectivity index (χ1) is 14.6. The molecule has 0 aliphatic carbocycles. The van der Waals surface area contributed by atoms with E-state index in [4.69, 9.17) is 0 Å². The van der Waals surface area contributed by atoms with Crippen LogP contribution in [0.1, 0.15) is 5.56 Å². The second-order valence-electron chi connectivity index (χ2n) is 6.41. The Hall–Kier alpha value is -3.85. The molecule has 2 aromatic carbocycles. The van der Waals surface area contributed by atoms with Crippen molar-refractivity contribution in [2.75, 3.05) is 11.4 Å². The highest BCUT2D eigenvalue weighted by molar-refractivity contribution is 7.22. The van der Waals surface area contributed by atoms with Gasteiger partial charge in [0.15, 0.2) is 5.13 Å². The molecule has 0 saturated carbocycles. The SMILES string of the molecule is O=C(/C=C/c1cccc([N+](=O)[O-])c1)N(CCn1cccn1)c1nc2ccccc2s1. The van der Waals surface area contributed by atoms with Crippen molar-refractivity contribution in [3.8, 4) is 0 Å². The molecule has 9 heteroatoms. The Labute approximate surface area is 175 Å². The van der Waals surface area contributed by atoms with E-state index in [0.717, 1.165) is 10.2 Å². The number of aromatic nitrogens is 3. The van der Waals surface area contributed by atoms with Crippen molar-refractivity contribution < 1.29 is 9.72 Å². The number of fused-ring (bicyclic) bond motifs is 1. The molecule has 0 aliphatic rings. The lowest BCUT2D eigenvalue weighted by atomic mass is 10.2. The molecule has 0 saturated heterocycles. The maximum atomic E-state index is 13.0. The number of rotatable bonds is 7. The van der Waals surface area contributed by atoms with Crippen molar-refractivity contribution in [1.82, 2.24) is 14.8 Å². The van der Waals surface area contributed by atoms with Crippen LogP contribution in [-0.4, -0.2) is 32.1 Å². The maximum absolute atomic E-state index is 13.0. The number of nitro groups is 1. The fourth-order valence-electron chi connectivity index (χ4n) is 2.91. The number of carbonyl (C=O) groups is 1. The predicted molar refractivity (Wildman–Crippen MR) is 116 cm³/mol. The lowest BCUT2D eigenvalue weighted by Gasteiger charge is -2.18. The number of thiazole rings is 1. The Kier molecular flexibility index (Phi) is 5.62. The molecule has 0 spiro atoms. The van der Waals surface area contributed by atoms with Gasteiger partial charge in [0.1, 0.15) is 0 Å². The highest BCUT2D eigenvalue weighted by Gasteiger charge is 2.18. The summed E-state index contributed by atoms with van der Waals surface area (Å²) in [5, 5.41) is 15.7. The van der Waals surface area contributed by atoms with E-state index < -0.39 is 4.92 Å². The summed E-state index contributed by atoms with van der Waals surface area (Å²) in [6.45, 7) is 0.902. The third kappa shape index (κ3) is 4.41. The molecule has 0 atom stereocenters. The van der Waals surface area contributed by atoms with E-state index in [1.807, 2.05) is 36.5 Å². The Morgan fingerprint density at radius 3 is 2.83 bits per heavy atom. The normalized spacial score (nSPS) is 11.2. The zero-order valence-electron chi connectivity index (χ0n) is 15.8. The summed E-state index contributed by atoms with van der Waals surface area (Å²) in [4.78, 5) is 29.7. The second-order valence-corrected chi connectivity index (χ2v) is 7.42. The van der Waals surface area contributed by atoms with Gasteiger partial charge in [-0.15, -0.1) is 0 Å². The van der Waals surface area contributed by atoms with Gasteiger partial charge in [-0.2, -0.15) is 5.10 Å². The minimum absolute atomic E-state index is 0.0219. The Balaban J connectivity index is 1.59. The quantitative estimate of drug-likeness (QED) is 0.255. The highest BCUT2D eigenvalue weighted by atomic mass is 32.1. The smallest absolute Gasteiger partial charge is 0.270 e. The molecule has 0 unspecified atom stereocenters. The van der Waals surface area contributed by atoms with Crippen molar-refractivity contribution in [1.29, 1.82) is 0 Å². The number of anilines is 1. The minimum atomic E-state index is -0.462. The first-order valence-electron chi connectivity index (χ1n) is 9.17. The van der Waals surface area contributed by atoms with E-state index in [9.17, 15) is 14.9 Å². The molecule has 30 heavy (non-hydrogen) atoms. The lowest BCUT2D eigenvalue weighted by Crippen LogP contribution is -2.32. The van der Waals surface area contributed by atoms with Crippen LogP contribution in [0.15, 0.2) is 73.1 Å². The van der Waals surface area contributed by atoms with Gasteiger partial charge >= 0.3 is 0 Å². The topological polar surface area (TPSA) is 94.2 Å². The fraction of sp³-hybridized carbons (Fsp3) is 0.0952. The molecule has 0 fully saturated rings. The van der Waals surface area contributed by atoms with Gasteiger partial charge in [0.2, 0.25) is 0 Å². The predicted octanol–water partition coefficient (Wildman–Crippen LogP) is 4.15. The van der Waals surface area contributed by atoms with E-state index in [0.29, 0.717) is 23.8 Å². The number of nitro benzene ring substituents is 1. The van der Waals surface area contributed by atoms with E-state index in [-0.39, 0.29) is 11.6 Å². The number of para-hydroxylation sites is 1. The van der Waals surface area contributed by atoms with Gasteiger partial charge in [-0.05, 0) is 29.8 Å². The molecule has 4 rings (SSSR count). The number of hydrogen-bond donors (Lipinski definition) is 0. The van der Waals surface area contributed by atoms with Crippen LogP contribution in [0.25, 0.3) is 16.3 Å². The Bertz CT molecular complexity index is 1180. The Morgan fingerprint density at radius 1 is 1.20 bits per heavy atom. The molecule has 1 amide bonds. The van der Waals surface area contributed by atoms with Crippen LogP contribution in [-0.2, 0) is 11.3 Å². The van der Waals surface area contributed by atoms with Gasteiger partial charge in [0.25, 0.3) is 11.6 Å². The van der Waals surface area contributed by atoms with Crippen molar-refractivity contribution in [2.24, 2.45) is 0 Å². The number of amides is 1. The van der Waals surface area contributed by atoms with Crippen LogP contribution >= 0.6 is 11.3 Å². The van der Waals surface area contributed by atoms with Gasteiger partial charge in [-0.3, -0.25) is 24.5 Å². The second kappa shape index (κ2) is 8.66. The van der Waals surface area contributed by atoms with Crippen LogP contribution in [0, 0.1) is 10.1 Å². The highest BCUT2D eigenvalue weighted by Crippen LogP contribution is 2.29. The first kappa shape index (κ1) is 19.5. The van der Waals surface area contributed by atoms with Gasteiger partial charge < -0.3 is 0 Å². The maximum Gasteiger partial charge on any atom is 0.270 e. The number of non-ortho nitro benzene ring substituents is 1. The number of benzene rings is 2. The van der Waals surface area contributed by atoms with E-state index in [1.165, 1.54) is 29.5 Å². The zero-order chi connectivity index (χ0) is 20.9. The van der Waals surface area contributed by atoms with Crippen molar-refractivity contribution in [3.63, 3.8) is 0 Å². The Morgan fingerprint density at radius 2 is 2.07 bits per heavy atom. The molecule has 0 radical (unpaired) electrons. The average molecular weight is 419 g/mol. The van der Waals surface area contributed by atoms with Gasteiger partial charge in [0, 0.05) is 37.1 Å². The summed E-state index contributed by atoms with van der Waals surface area (Å²) in [5.74, 6) is -0.257. The standard InChI is InChI=1S/C21H17N5O3S/c27-20(10-9-16-5-3-6-17(15-16)26(28)29)25(14-13-24-12-4-11-22-24)21-23-18-7-1-2-8-19(18)30-21/h1-12,15H,13-14H2/b10-9+. The van der Waals surface area contributed by atoms with Crippen molar-refractivity contribution in [2.45, 2.75) is 6.54 Å². The van der Waals surface area contributed by atoms with Crippen molar-refractivity contribution >= 4 is 44.4 Å². The molecule has 0 N–H and O–H groups in total. The van der Waals surface area contributed by atoms with Crippen LogP contribution in [0.2, 0.25) is 0 Å². The first-order valence-corrected chi connectivity index (χ1v) is 9.99. The minimum Gasteiger partial charge on any atom is -0.283 e. The molecule has 2 heterocycles. The molecule has 0 bridgehead atoms. The summed E-state index contributed by atoms with van der Waals surface area (Å²) in [6, 6.07) is 15.7.